The van der Waals surface area contributed by atoms with Crippen molar-refractivity contribution in [2.45, 2.75) is 44.2 Å². The maximum Gasteiger partial charge on any atom is 0.258 e. The summed E-state index contributed by atoms with van der Waals surface area (Å²) in [7, 11) is -3.58. The molecular formula is C10H20N4O2S. The first kappa shape index (κ1) is 14.1. The molecule has 0 bridgehead atoms. The van der Waals surface area contributed by atoms with Crippen LogP contribution >= 0.6 is 0 Å². The standard InChI is InChI=1S/C10H20N4O2S/c1-4-8-12-6-9(13-8)17(15,16)14-10(3,5-2)7-11/h6,14H,4-5,7,11H2,1-3H3,(H,12,13). The molecule has 0 saturated carbocycles. The lowest BCUT2D eigenvalue weighted by atomic mass is 10.0. The molecular weight excluding hydrogens is 240 g/mol. The van der Waals surface area contributed by atoms with Crippen LogP contribution in [0.5, 0.6) is 0 Å². The highest BCUT2D eigenvalue weighted by Crippen LogP contribution is 2.13. The normalized spacial score (nSPS) is 15.8. The highest BCUT2D eigenvalue weighted by molar-refractivity contribution is 7.89. The molecule has 0 aliphatic carbocycles. The van der Waals surface area contributed by atoms with Crippen molar-refractivity contribution in [3.63, 3.8) is 0 Å². The predicted octanol–water partition coefficient (Wildman–Crippen LogP) is 0.378. The summed E-state index contributed by atoms with van der Waals surface area (Å²) in [5.41, 5.74) is 4.95. The SMILES string of the molecule is CCc1ncc(S(=O)(=O)NC(C)(CC)CN)[nH]1. The van der Waals surface area contributed by atoms with Gasteiger partial charge in [0.15, 0.2) is 5.03 Å². The summed E-state index contributed by atoms with van der Waals surface area (Å²) in [6, 6.07) is 0. The van der Waals surface area contributed by atoms with Gasteiger partial charge in [-0.2, -0.15) is 0 Å². The van der Waals surface area contributed by atoms with Crippen LogP contribution in [0.2, 0.25) is 0 Å². The van der Waals surface area contributed by atoms with Gasteiger partial charge in [-0.1, -0.05) is 13.8 Å². The van der Waals surface area contributed by atoms with Crippen molar-refractivity contribution < 1.29 is 8.42 Å². The second-order valence-corrected chi connectivity index (χ2v) is 5.92. The van der Waals surface area contributed by atoms with E-state index < -0.39 is 15.6 Å². The van der Waals surface area contributed by atoms with Crippen LogP contribution in [-0.2, 0) is 16.4 Å². The van der Waals surface area contributed by atoms with Crippen LogP contribution in [0.15, 0.2) is 11.2 Å². The molecule has 1 unspecified atom stereocenters. The number of nitrogens with two attached hydrogens (primary N) is 1. The zero-order valence-corrected chi connectivity index (χ0v) is 11.3. The predicted molar refractivity (Wildman–Crippen MR) is 66.0 cm³/mol. The fourth-order valence-electron chi connectivity index (χ4n) is 1.30. The molecule has 7 heteroatoms. The maximum atomic E-state index is 12.1. The Morgan fingerprint density at radius 2 is 2.18 bits per heavy atom. The highest BCUT2D eigenvalue weighted by atomic mass is 32.2. The van der Waals surface area contributed by atoms with Gasteiger partial charge in [0, 0.05) is 18.5 Å². The van der Waals surface area contributed by atoms with E-state index in [4.69, 9.17) is 5.73 Å². The summed E-state index contributed by atoms with van der Waals surface area (Å²) in [5.74, 6) is 0.649. The third kappa shape index (κ3) is 3.27. The van der Waals surface area contributed by atoms with Crippen molar-refractivity contribution in [3.05, 3.63) is 12.0 Å². The Morgan fingerprint density at radius 3 is 2.59 bits per heavy atom. The van der Waals surface area contributed by atoms with E-state index in [1.807, 2.05) is 13.8 Å². The molecule has 0 radical (unpaired) electrons. The number of aromatic amines is 1. The van der Waals surface area contributed by atoms with Crippen molar-refractivity contribution in [1.82, 2.24) is 14.7 Å². The first-order valence-electron chi connectivity index (χ1n) is 5.65. The first-order valence-corrected chi connectivity index (χ1v) is 7.13. The smallest absolute Gasteiger partial charge is 0.258 e. The van der Waals surface area contributed by atoms with Gasteiger partial charge in [-0.25, -0.2) is 18.1 Å². The molecule has 1 heterocycles. The number of aromatic nitrogens is 2. The maximum absolute atomic E-state index is 12.1. The Bertz CT molecular complexity index is 462. The van der Waals surface area contributed by atoms with Crippen LogP contribution in [0.3, 0.4) is 0 Å². The summed E-state index contributed by atoms with van der Waals surface area (Å²) in [5, 5.41) is 0.0856. The Balaban J connectivity index is 2.96. The van der Waals surface area contributed by atoms with Crippen molar-refractivity contribution in [2.24, 2.45) is 5.73 Å². The molecule has 0 spiro atoms. The largest absolute Gasteiger partial charge is 0.332 e. The lowest BCUT2D eigenvalue weighted by molar-refractivity contribution is 0.410. The van der Waals surface area contributed by atoms with E-state index in [2.05, 4.69) is 14.7 Å². The zero-order valence-electron chi connectivity index (χ0n) is 10.4. The van der Waals surface area contributed by atoms with Crippen LogP contribution in [0, 0.1) is 0 Å². The van der Waals surface area contributed by atoms with E-state index in [1.54, 1.807) is 6.92 Å². The molecule has 0 aliphatic rings. The van der Waals surface area contributed by atoms with Gasteiger partial charge in [0.1, 0.15) is 5.82 Å². The van der Waals surface area contributed by atoms with Gasteiger partial charge >= 0.3 is 0 Å². The fourth-order valence-corrected chi connectivity index (χ4v) is 2.73. The molecule has 0 aliphatic heterocycles. The molecule has 0 aromatic carbocycles. The average molecular weight is 260 g/mol. The van der Waals surface area contributed by atoms with E-state index in [9.17, 15) is 8.42 Å². The van der Waals surface area contributed by atoms with E-state index in [0.29, 0.717) is 18.7 Å². The lowest BCUT2D eigenvalue weighted by Crippen LogP contribution is -2.50. The number of imidazole rings is 1. The summed E-state index contributed by atoms with van der Waals surface area (Å²) in [6.45, 7) is 5.82. The van der Waals surface area contributed by atoms with Gasteiger partial charge < -0.3 is 10.7 Å². The molecule has 1 rings (SSSR count). The third-order valence-corrected chi connectivity index (χ3v) is 4.39. The van der Waals surface area contributed by atoms with Gasteiger partial charge in [-0.3, -0.25) is 0 Å². The average Bonchev–Trinajstić information content (AvgIpc) is 2.77. The van der Waals surface area contributed by atoms with Crippen molar-refractivity contribution in [3.8, 4) is 0 Å². The second kappa shape index (κ2) is 5.16. The van der Waals surface area contributed by atoms with E-state index >= 15 is 0 Å². The molecule has 17 heavy (non-hydrogen) atoms. The van der Waals surface area contributed by atoms with Gasteiger partial charge in [-0.15, -0.1) is 0 Å². The minimum absolute atomic E-state index is 0.0856. The third-order valence-electron chi connectivity index (χ3n) is 2.84. The Labute approximate surface area is 102 Å². The number of nitrogens with one attached hydrogen (secondary N) is 2. The minimum Gasteiger partial charge on any atom is -0.332 e. The van der Waals surface area contributed by atoms with Crippen LogP contribution in [-0.4, -0.2) is 30.5 Å². The molecule has 1 aromatic heterocycles. The fraction of sp³-hybridized carbons (Fsp3) is 0.700. The molecule has 1 atom stereocenters. The highest BCUT2D eigenvalue weighted by Gasteiger charge is 2.28. The first-order chi connectivity index (χ1) is 7.87. The van der Waals surface area contributed by atoms with E-state index in [0.717, 1.165) is 0 Å². The summed E-state index contributed by atoms with van der Waals surface area (Å²) < 4.78 is 26.7. The Kier molecular flexibility index (Phi) is 4.29. The van der Waals surface area contributed by atoms with Gasteiger partial charge in [0.2, 0.25) is 0 Å². The van der Waals surface area contributed by atoms with E-state index in [1.165, 1.54) is 6.20 Å². The van der Waals surface area contributed by atoms with Crippen LogP contribution in [0.4, 0.5) is 0 Å². The molecule has 6 nitrogen and oxygen atoms in total. The monoisotopic (exact) mass is 260 g/mol. The lowest BCUT2D eigenvalue weighted by Gasteiger charge is -2.26. The number of nitrogens with zero attached hydrogens (tertiary/aromatic N) is 1. The minimum atomic E-state index is -3.58. The van der Waals surface area contributed by atoms with Crippen LogP contribution in [0.1, 0.15) is 33.0 Å². The van der Waals surface area contributed by atoms with E-state index in [-0.39, 0.29) is 11.6 Å². The van der Waals surface area contributed by atoms with Gasteiger partial charge in [0.05, 0.1) is 6.20 Å². The molecule has 0 amide bonds. The quantitative estimate of drug-likeness (QED) is 0.688. The number of rotatable bonds is 6. The Hall–Kier alpha value is -0.920. The van der Waals surface area contributed by atoms with Crippen molar-refractivity contribution in [2.75, 3.05) is 6.54 Å². The number of hydrogen-bond acceptors (Lipinski definition) is 4. The number of H-pyrrole nitrogens is 1. The molecule has 0 fully saturated rings. The van der Waals surface area contributed by atoms with Gasteiger partial charge in [-0.05, 0) is 13.3 Å². The summed E-state index contributed by atoms with van der Waals surface area (Å²) >= 11 is 0. The van der Waals surface area contributed by atoms with Crippen molar-refractivity contribution in [1.29, 1.82) is 0 Å². The number of sulfonamides is 1. The summed E-state index contributed by atoms with van der Waals surface area (Å²) in [6.07, 6.45) is 2.61. The van der Waals surface area contributed by atoms with Crippen LogP contribution in [0.25, 0.3) is 0 Å². The topological polar surface area (TPSA) is 101 Å². The van der Waals surface area contributed by atoms with Gasteiger partial charge in [0.25, 0.3) is 10.0 Å². The molecule has 0 saturated heterocycles. The number of hydrogen-bond donors (Lipinski definition) is 3. The molecule has 1 aromatic rings. The zero-order chi connectivity index (χ0) is 13.1. The Morgan fingerprint density at radius 1 is 1.53 bits per heavy atom. The van der Waals surface area contributed by atoms with Crippen LogP contribution < -0.4 is 10.5 Å². The molecule has 4 N–H and O–H groups in total. The van der Waals surface area contributed by atoms with Crippen molar-refractivity contribution >= 4 is 10.0 Å². The second-order valence-electron chi connectivity index (χ2n) is 4.27. The summed E-state index contributed by atoms with van der Waals surface area (Å²) in [4.78, 5) is 6.75. The molecule has 98 valence electrons. The number of aryl methyl sites for hydroxylation is 1.